The molecule has 0 aliphatic carbocycles. The fraction of sp³-hybridized carbons (Fsp3) is 0.389. The summed E-state index contributed by atoms with van der Waals surface area (Å²) in [6.07, 6.45) is 3.02. The summed E-state index contributed by atoms with van der Waals surface area (Å²) >= 11 is 0. The second kappa shape index (κ2) is 7.07. The van der Waals surface area contributed by atoms with E-state index in [0.29, 0.717) is 24.6 Å². The van der Waals surface area contributed by atoms with Gasteiger partial charge in [0, 0.05) is 13.1 Å². The highest BCUT2D eigenvalue weighted by Gasteiger charge is 2.31. The lowest BCUT2D eigenvalue weighted by atomic mass is 10.1. The predicted molar refractivity (Wildman–Crippen MR) is 93.1 cm³/mol. The number of nitrogens with one attached hydrogen (secondary N) is 1. The second-order valence-electron chi connectivity index (χ2n) is 6.51. The molecule has 138 valence electrons. The Hall–Kier alpha value is -3.03. The molecule has 3 rings (SSSR count). The number of anilines is 1. The van der Waals surface area contributed by atoms with Crippen molar-refractivity contribution in [2.75, 3.05) is 11.9 Å². The number of hydrogen-bond acceptors (Lipinski definition) is 6. The molecule has 0 saturated heterocycles. The third kappa shape index (κ3) is 4.14. The highest BCUT2D eigenvalue weighted by molar-refractivity contribution is 5.97. The minimum atomic E-state index is -1.27. The van der Waals surface area contributed by atoms with Crippen molar-refractivity contribution in [3.8, 4) is 11.5 Å². The van der Waals surface area contributed by atoms with E-state index in [2.05, 4.69) is 10.4 Å². The average Bonchev–Trinajstić information content (AvgIpc) is 3.00. The van der Waals surface area contributed by atoms with E-state index in [9.17, 15) is 9.59 Å². The number of carbonyl (C=O) groups excluding carboxylic acids is 2. The van der Waals surface area contributed by atoms with Gasteiger partial charge in [0.15, 0.2) is 23.2 Å². The first-order valence-electron chi connectivity index (χ1n) is 8.25. The number of benzene rings is 1. The van der Waals surface area contributed by atoms with Crippen LogP contribution in [0.15, 0.2) is 36.7 Å². The summed E-state index contributed by atoms with van der Waals surface area (Å²) in [5, 5.41) is 6.91. The summed E-state index contributed by atoms with van der Waals surface area (Å²) in [5.41, 5.74) is -0.759. The first kappa shape index (κ1) is 17.8. The Balaban J connectivity index is 1.59. The zero-order valence-corrected chi connectivity index (χ0v) is 14.9. The number of carbonyl (C=O) groups is 2. The molecule has 1 atom stereocenters. The molecule has 26 heavy (non-hydrogen) atoms. The van der Waals surface area contributed by atoms with E-state index in [4.69, 9.17) is 14.2 Å². The predicted octanol–water partition coefficient (Wildman–Crippen LogP) is 2.00. The van der Waals surface area contributed by atoms with Crippen LogP contribution < -0.4 is 14.8 Å². The molecule has 2 aromatic rings. The molecule has 1 aromatic heterocycles. The highest BCUT2D eigenvalue weighted by atomic mass is 16.6. The first-order chi connectivity index (χ1) is 12.3. The van der Waals surface area contributed by atoms with Crippen LogP contribution in [0, 0.1) is 0 Å². The number of nitrogens with zero attached hydrogens (tertiary/aromatic N) is 2. The van der Waals surface area contributed by atoms with Gasteiger partial charge in [-0.3, -0.25) is 14.3 Å². The van der Waals surface area contributed by atoms with Crippen LogP contribution in [-0.2, 0) is 20.9 Å². The highest BCUT2D eigenvalue weighted by Crippen LogP contribution is 2.31. The van der Waals surface area contributed by atoms with Crippen LogP contribution in [0.2, 0.25) is 0 Å². The molecule has 1 amide bonds. The molecule has 8 nitrogen and oxygen atoms in total. The van der Waals surface area contributed by atoms with Gasteiger partial charge < -0.3 is 19.5 Å². The van der Waals surface area contributed by atoms with Crippen LogP contribution in [-0.4, -0.2) is 40.0 Å². The molecule has 1 aliphatic rings. The van der Waals surface area contributed by atoms with Gasteiger partial charge >= 0.3 is 5.97 Å². The number of fused-ring (bicyclic) bond motifs is 1. The molecule has 0 fully saturated rings. The maximum atomic E-state index is 12.2. The maximum Gasteiger partial charge on any atom is 0.303 e. The molecule has 1 unspecified atom stereocenters. The summed E-state index contributed by atoms with van der Waals surface area (Å²) in [7, 11) is 0. The summed E-state index contributed by atoms with van der Waals surface area (Å²) < 4.78 is 18.3. The fourth-order valence-corrected chi connectivity index (χ4v) is 2.58. The van der Waals surface area contributed by atoms with E-state index in [0.717, 1.165) is 5.75 Å². The summed E-state index contributed by atoms with van der Waals surface area (Å²) in [5.74, 6) is 0.478. The van der Waals surface area contributed by atoms with Gasteiger partial charge in [0.05, 0.1) is 18.4 Å². The Morgan fingerprint density at radius 3 is 2.81 bits per heavy atom. The van der Waals surface area contributed by atoms with Crippen molar-refractivity contribution < 1.29 is 23.8 Å². The van der Waals surface area contributed by atoms with Crippen LogP contribution in [0.4, 0.5) is 5.69 Å². The fourth-order valence-electron chi connectivity index (χ4n) is 2.58. The van der Waals surface area contributed by atoms with Gasteiger partial charge in [0.25, 0.3) is 5.91 Å². The molecule has 1 N–H and O–H groups in total. The zero-order chi connectivity index (χ0) is 18.7. The number of hydrogen-bond donors (Lipinski definition) is 1. The van der Waals surface area contributed by atoms with E-state index in [1.165, 1.54) is 27.0 Å². The lowest BCUT2D eigenvalue weighted by molar-refractivity contribution is -0.160. The Kier molecular flexibility index (Phi) is 4.83. The van der Waals surface area contributed by atoms with Crippen LogP contribution in [0.5, 0.6) is 11.5 Å². The van der Waals surface area contributed by atoms with E-state index in [-0.39, 0.29) is 6.10 Å². The van der Waals surface area contributed by atoms with Gasteiger partial charge in [-0.25, -0.2) is 0 Å². The van der Waals surface area contributed by atoms with Crippen molar-refractivity contribution in [1.82, 2.24) is 9.78 Å². The molecule has 1 aromatic carbocycles. The second-order valence-corrected chi connectivity index (χ2v) is 6.51. The van der Waals surface area contributed by atoms with Gasteiger partial charge in [0.1, 0.15) is 6.61 Å². The number of amides is 1. The topological polar surface area (TPSA) is 91.7 Å². The van der Waals surface area contributed by atoms with Crippen molar-refractivity contribution >= 4 is 17.6 Å². The SMILES string of the molecule is CC(=O)OC(C)(C)C(=O)Nc1cnn(CC2COc3ccccc3O2)c1. The van der Waals surface area contributed by atoms with E-state index in [1.54, 1.807) is 10.9 Å². The van der Waals surface area contributed by atoms with Crippen LogP contribution in [0.3, 0.4) is 0 Å². The molecule has 8 heteroatoms. The van der Waals surface area contributed by atoms with Gasteiger partial charge in [-0.2, -0.15) is 5.10 Å². The first-order valence-corrected chi connectivity index (χ1v) is 8.25. The summed E-state index contributed by atoms with van der Waals surface area (Å²) in [6.45, 7) is 5.20. The Bertz CT molecular complexity index is 815. The standard InChI is InChI=1S/C18H21N3O5/c1-12(22)26-18(2,3)17(23)20-13-8-19-21(9-13)10-14-11-24-15-6-4-5-7-16(15)25-14/h4-9,14H,10-11H2,1-3H3,(H,20,23). The molecule has 0 radical (unpaired) electrons. The Morgan fingerprint density at radius 1 is 1.35 bits per heavy atom. The van der Waals surface area contributed by atoms with E-state index >= 15 is 0 Å². The lowest BCUT2D eigenvalue weighted by Crippen LogP contribution is -2.41. The molecule has 1 aliphatic heterocycles. The smallest absolute Gasteiger partial charge is 0.303 e. The minimum absolute atomic E-state index is 0.189. The number of aromatic nitrogens is 2. The van der Waals surface area contributed by atoms with Crippen molar-refractivity contribution in [2.45, 2.75) is 39.0 Å². The third-order valence-electron chi connectivity index (χ3n) is 3.80. The molecule has 2 heterocycles. The van der Waals surface area contributed by atoms with Crippen molar-refractivity contribution in [3.63, 3.8) is 0 Å². The summed E-state index contributed by atoms with van der Waals surface area (Å²) in [6, 6.07) is 7.49. The number of para-hydroxylation sites is 2. The normalized spacial score (nSPS) is 16.0. The van der Waals surface area contributed by atoms with Gasteiger partial charge in [-0.05, 0) is 26.0 Å². The number of rotatable bonds is 5. The molecular formula is C18H21N3O5. The van der Waals surface area contributed by atoms with Crippen molar-refractivity contribution in [1.29, 1.82) is 0 Å². The van der Waals surface area contributed by atoms with Crippen LogP contribution in [0.1, 0.15) is 20.8 Å². The Morgan fingerprint density at radius 2 is 2.08 bits per heavy atom. The maximum absolute atomic E-state index is 12.2. The summed E-state index contributed by atoms with van der Waals surface area (Å²) in [4.78, 5) is 23.3. The van der Waals surface area contributed by atoms with Crippen molar-refractivity contribution in [2.24, 2.45) is 0 Å². The quantitative estimate of drug-likeness (QED) is 0.821. The van der Waals surface area contributed by atoms with Crippen LogP contribution >= 0.6 is 0 Å². The number of esters is 1. The molecule has 0 saturated carbocycles. The average molecular weight is 359 g/mol. The molecular weight excluding hydrogens is 338 g/mol. The lowest BCUT2D eigenvalue weighted by Gasteiger charge is -2.26. The van der Waals surface area contributed by atoms with Gasteiger partial charge in [-0.15, -0.1) is 0 Å². The van der Waals surface area contributed by atoms with Gasteiger partial charge in [-0.1, -0.05) is 12.1 Å². The van der Waals surface area contributed by atoms with E-state index in [1.807, 2.05) is 24.3 Å². The Labute approximate surface area is 151 Å². The van der Waals surface area contributed by atoms with Crippen LogP contribution in [0.25, 0.3) is 0 Å². The third-order valence-corrected chi connectivity index (χ3v) is 3.80. The largest absolute Gasteiger partial charge is 0.486 e. The monoisotopic (exact) mass is 359 g/mol. The zero-order valence-electron chi connectivity index (χ0n) is 14.9. The molecule has 0 spiro atoms. The number of ether oxygens (including phenoxy) is 3. The van der Waals surface area contributed by atoms with E-state index < -0.39 is 17.5 Å². The minimum Gasteiger partial charge on any atom is -0.486 e. The van der Waals surface area contributed by atoms with Gasteiger partial charge in [0.2, 0.25) is 0 Å². The van der Waals surface area contributed by atoms with Crippen molar-refractivity contribution in [3.05, 3.63) is 36.7 Å². The molecule has 0 bridgehead atoms.